The molecule has 1 aromatic carbocycles. The zero-order valence-electron chi connectivity index (χ0n) is 11.1. The minimum Gasteiger partial charge on any atom is -0.486 e. The molecule has 0 radical (unpaired) electrons. The summed E-state index contributed by atoms with van der Waals surface area (Å²) in [5, 5.41) is 3.86. The van der Waals surface area contributed by atoms with Crippen LogP contribution in [-0.2, 0) is 6.61 Å². The molecule has 0 fully saturated rings. The van der Waals surface area contributed by atoms with Crippen LogP contribution < -0.4 is 10.1 Å². The summed E-state index contributed by atoms with van der Waals surface area (Å²) in [5.74, 6) is 0.692. The summed E-state index contributed by atoms with van der Waals surface area (Å²) in [5.41, 5.74) is 3.04. The Morgan fingerprint density at radius 2 is 2.11 bits per heavy atom. The lowest BCUT2D eigenvalue weighted by molar-refractivity contribution is 0.301. The van der Waals surface area contributed by atoms with Gasteiger partial charge in [-0.2, -0.15) is 0 Å². The van der Waals surface area contributed by atoms with Gasteiger partial charge in [0.2, 0.25) is 0 Å². The standard InChI is InChI=1S/C15H17ClN2O/c1-3-17-12-6-7-18-13(9-12)10-19-15-8-11(2)4-5-14(15)16/h4-9H,3,10H2,1-2H3,(H,17,18). The van der Waals surface area contributed by atoms with E-state index >= 15 is 0 Å². The maximum atomic E-state index is 6.09. The lowest BCUT2D eigenvalue weighted by Crippen LogP contribution is -2.02. The van der Waals surface area contributed by atoms with E-state index in [0.717, 1.165) is 23.5 Å². The fourth-order valence-corrected chi connectivity index (χ4v) is 1.92. The average molecular weight is 277 g/mol. The topological polar surface area (TPSA) is 34.2 Å². The molecule has 0 aliphatic carbocycles. The van der Waals surface area contributed by atoms with Gasteiger partial charge in [0, 0.05) is 18.4 Å². The third kappa shape index (κ3) is 3.86. The molecule has 100 valence electrons. The minimum absolute atomic E-state index is 0.405. The number of ether oxygens (including phenoxy) is 1. The average Bonchev–Trinajstić information content (AvgIpc) is 2.41. The van der Waals surface area contributed by atoms with Crippen LogP contribution in [0.3, 0.4) is 0 Å². The Labute approximate surface area is 118 Å². The summed E-state index contributed by atoms with van der Waals surface area (Å²) in [6.45, 7) is 5.35. The second kappa shape index (κ2) is 6.43. The van der Waals surface area contributed by atoms with Crippen LogP contribution in [-0.4, -0.2) is 11.5 Å². The fraction of sp³-hybridized carbons (Fsp3) is 0.267. The first-order valence-electron chi connectivity index (χ1n) is 6.27. The lowest BCUT2D eigenvalue weighted by atomic mass is 10.2. The van der Waals surface area contributed by atoms with Crippen molar-refractivity contribution in [3.8, 4) is 5.75 Å². The minimum atomic E-state index is 0.405. The Hall–Kier alpha value is -1.74. The van der Waals surface area contributed by atoms with Gasteiger partial charge < -0.3 is 10.1 Å². The van der Waals surface area contributed by atoms with E-state index in [-0.39, 0.29) is 0 Å². The van der Waals surface area contributed by atoms with Crippen molar-refractivity contribution >= 4 is 17.3 Å². The Morgan fingerprint density at radius 1 is 1.26 bits per heavy atom. The lowest BCUT2D eigenvalue weighted by Gasteiger charge is -2.09. The molecule has 0 bridgehead atoms. The first-order valence-corrected chi connectivity index (χ1v) is 6.64. The summed E-state index contributed by atoms with van der Waals surface area (Å²) in [6, 6.07) is 9.64. The molecule has 1 heterocycles. The van der Waals surface area contributed by atoms with Crippen LogP contribution in [0, 0.1) is 6.92 Å². The SMILES string of the molecule is CCNc1ccnc(COc2cc(C)ccc2Cl)c1. The number of hydrogen-bond donors (Lipinski definition) is 1. The molecule has 4 heteroatoms. The van der Waals surface area contributed by atoms with Gasteiger partial charge in [-0.1, -0.05) is 17.7 Å². The zero-order valence-corrected chi connectivity index (χ0v) is 11.9. The van der Waals surface area contributed by atoms with E-state index in [4.69, 9.17) is 16.3 Å². The number of aryl methyl sites for hydroxylation is 1. The highest BCUT2D eigenvalue weighted by Gasteiger charge is 2.03. The summed E-state index contributed by atoms with van der Waals surface area (Å²) in [7, 11) is 0. The summed E-state index contributed by atoms with van der Waals surface area (Å²) in [4.78, 5) is 4.28. The first-order chi connectivity index (χ1) is 9.19. The molecule has 1 N–H and O–H groups in total. The van der Waals surface area contributed by atoms with Gasteiger partial charge in [-0.05, 0) is 43.7 Å². The highest BCUT2D eigenvalue weighted by atomic mass is 35.5. The normalized spacial score (nSPS) is 10.3. The van der Waals surface area contributed by atoms with E-state index in [2.05, 4.69) is 17.2 Å². The largest absolute Gasteiger partial charge is 0.486 e. The first kappa shape index (κ1) is 13.7. The third-order valence-corrected chi connectivity index (χ3v) is 2.97. The van der Waals surface area contributed by atoms with E-state index in [0.29, 0.717) is 17.4 Å². The van der Waals surface area contributed by atoms with E-state index < -0.39 is 0 Å². The Kier molecular flexibility index (Phi) is 4.63. The van der Waals surface area contributed by atoms with Crippen LogP contribution in [0.4, 0.5) is 5.69 Å². The summed E-state index contributed by atoms with van der Waals surface area (Å²) >= 11 is 6.09. The van der Waals surface area contributed by atoms with Crippen molar-refractivity contribution in [2.24, 2.45) is 0 Å². The highest BCUT2D eigenvalue weighted by Crippen LogP contribution is 2.26. The summed E-state index contributed by atoms with van der Waals surface area (Å²) < 4.78 is 5.71. The van der Waals surface area contributed by atoms with Crippen LogP contribution in [0.1, 0.15) is 18.2 Å². The monoisotopic (exact) mass is 276 g/mol. The molecule has 0 saturated heterocycles. The van der Waals surface area contributed by atoms with Gasteiger partial charge in [-0.25, -0.2) is 0 Å². The van der Waals surface area contributed by atoms with Crippen molar-refractivity contribution in [1.82, 2.24) is 4.98 Å². The van der Waals surface area contributed by atoms with Gasteiger partial charge in [-0.15, -0.1) is 0 Å². The van der Waals surface area contributed by atoms with E-state index in [1.165, 1.54) is 0 Å². The number of nitrogens with zero attached hydrogens (tertiary/aromatic N) is 1. The fourth-order valence-electron chi connectivity index (χ4n) is 1.74. The molecule has 0 aliphatic rings. The molecule has 19 heavy (non-hydrogen) atoms. The molecule has 0 saturated carbocycles. The molecule has 0 amide bonds. The number of anilines is 1. The van der Waals surface area contributed by atoms with E-state index in [1.54, 1.807) is 6.20 Å². The number of aromatic nitrogens is 1. The predicted molar refractivity (Wildman–Crippen MR) is 78.9 cm³/mol. The summed E-state index contributed by atoms with van der Waals surface area (Å²) in [6.07, 6.45) is 1.77. The number of hydrogen-bond acceptors (Lipinski definition) is 3. The number of pyridine rings is 1. The molecular weight excluding hydrogens is 260 g/mol. The van der Waals surface area contributed by atoms with Crippen LogP contribution in [0.2, 0.25) is 5.02 Å². The molecule has 0 aliphatic heterocycles. The zero-order chi connectivity index (χ0) is 13.7. The van der Waals surface area contributed by atoms with Crippen LogP contribution >= 0.6 is 11.6 Å². The number of nitrogens with one attached hydrogen (secondary N) is 1. The molecule has 0 spiro atoms. The van der Waals surface area contributed by atoms with Crippen molar-refractivity contribution < 1.29 is 4.74 Å². The second-order valence-corrected chi connectivity index (χ2v) is 4.70. The van der Waals surface area contributed by atoms with Gasteiger partial charge in [0.25, 0.3) is 0 Å². The van der Waals surface area contributed by atoms with Crippen molar-refractivity contribution in [3.05, 3.63) is 52.8 Å². The van der Waals surface area contributed by atoms with Gasteiger partial charge in [-0.3, -0.25) is 4.98 Å². The van der Waals surface area contributed by atoms with Gasteiger partial charge in [0.05, 0.1) is 10.7 Å². The third-order valence-electron chi connectivity index (χ3n) is 2.66. The number of halogens is 1. The smallest absolute Gasteiger partial charge is 0.138 e. The van der Waals surface area contributed by atoms with Crippen molar-refractivity contribution in [2.45, 2.75) is 20.5 Å². The van der Waals surface area contributed by atoms with E-state index in [1.807, 2.05) is 37.3 Å². The molecule has 3 nitrogen and oxygen atoms in total. The Balaban J connectivity index is 2.05. The molecule has 2 aromatic rings. The van der Waals surface area contributed by atoms with Crippen LogP contribution in [0.5, 0.6) is 5.75 Å². The van der Waals surface area contributed by atoms with Crippen LogP contribution in [0.25, 0.3) is 0 Å². The number of rotatable bonds is 5. The maximum Gasteiger partial charge on any atom is 0.138 e. The van der Waals surface area contributed by atoms with Gasteiger partial charge in [0.1, 0.15) is 12.4 Å². The van der Waals surface area contributed by atoms with Crippen molar-refractivity contribution in [2.75, 3.05) is 11.9 Å². The van der Waals surface area contributed by atoms with Gasteiger partial charge in [0.15, 0.2) is 0 Å². The van der Waals surface area contributed by atoms with Crippen molar-refractivity contribution in [3.63, 3.8) is 0 Å². The Bertz CT molecular complexity index is 558. The van der Waals surface area contributed by atoms with Gasteiger partial charge >= 0.3 is 0 Å². The quantitative estimate of drug-likeness (QED) is 0.894. The van der Waals surface area contributed by atoms with E-state index in [9.17, 15) is 0 Å². The maximum absolute atomic E-state index is 6.09. The Morgan fingerprint density at radius 3 is 2.89 bits per heavy atom. The van der Waals surface area contributed by atoms with Crippen LogP contribution in [0.15, 0.2) is 36.5 Å². The molecule has 2 rings (SSSR count). The molecule has 0 unspecified atom stereocenters. The molecule has 1 aromatic heterocycles. The molecular formula is C15H17ClN2O. The predicted octanol–water partition coefficient (Wildman–Crippen LogP) is 4.05. The second-order valence-electron chi connectivity index (χ2n) is 4.29. The molecule has 0 atom stereocenters. The highest BCUT2D eigenvalue weighted by molar-refractivity contribution is 6.32. The number of benzene rings is 1. The van der Waals surface area contributed by atoms with Crippen molar-refractivity contribution in [1.29, 1.82) is 0 Å².